The zero-order valence-corrected chi connectivity index (χ0v) is 84.2. The molecule has 1 aromatic rings. The summed E-state index contributed by atoms with van der Waals surface area (Å²) in [6.07, 6.45) is 9.18. The van der Waals surface area contributed by atoms with E-state index in [1.54, 1.807) is 74.3 Å². The predicted molar refractivity (Wildman–Crippen MR) is 488 cm³/mol. The van der Waals surface area contributed by atoms with Crippen LogP contribution in [-0.4, -0.2) is 258 Å². The molecule has 1 aromatic carbocycles. The molecular weight excluding hydrogens is 1650 g/mol. The van der Waals surface area contributed by atoms with Crippen LogP contribution in [0.2, 0.25) is 0 Å². The number of carbonyl (C=O) groups excluding carboxylic acids is 7. The number of aliphatic imine (C=N–C) groups is 1. The second kappa shape index (κ2) is 56.6. The second-order valence-electron chi connectivity index (χ2n) is 42.0. The van der Waals surface area contributed by atoms with Crippen molar-refractivity contribution in [3.63, 3.8) is 0 Å². The first-order chi connectivity index (χ1) is 55.8. The average molecular weight is 1820 g/mol. The van der Waals surface area contributed by atoms with Crippen molar-refractivity contribution in [2.75, 3.05) is 47.3 Å². The van der Waals surface area contributed by atoms with Crippen molar-refractivity contribution in [2.24, 2.45) is 39.0 Å². The summed E-state index contributed by atoms with van der Waals surface area (Å²) in [5.74, 6) is -2.90. The number of hydrogen-bond donors (Lipinski definition) is 10. The number of benzene rings is 1. The molecule has 0 unspecified atom stereocenters. The number of carbonyl (C=O) groups is 8. The number of esters is 4. The van der Waals surface area contributed by atoms with E-state index < -0.39 is 99.6 Å². The number of nitrogens with one attached hydrogen (secondary N) is 4. The second-order valence-corrected chi connectivity index (χ2v) is 42.0. The van der Waals surface area contributed by atoms with Crippen LogP contribution >= 0.6 is 10.1 Å². The van der Waals surface area contributed by atoms with Gasteiger partial charge in [0.05, 0.1) is 41.5 Å². The van der Waals surface area contributed by atoms with Gasteiger partial charge in [0, 0.05) is 107 Å². The fourth-order valence-electron chi connectivity index (χ4n) is 13.2. The average Bonchev–Trinajstić information content (AvgIpc) is 1.71. The minimum absolute atomic E-state index is 0.0567. The monoisotopic (exact) mass is 1820 g/mol. The summed E-state index contributed by atoms with van der Waals surface area (Å²) in [5, 5.41) is 68.3. The van der Waals surface area contributed by atoms with Gasteiger partial charge in [-0.25, -0.2) is 14.6 Å². The van der Waals surface area contributed by atoms with Gasteiger partial charge in [0.15, 0.2) is 5.78 Å². The summed E-state index contributed by atoms with van der Waals surface area (Å²) in [4.78, 5) is 109. The number of aliphatic hydroxyl groups excluding tert-OH is 4. The maximum atomic E-state index is 13.7. The van der Waals surface area contributed by atoms with Gasteiger partial charge in [-0.2, -0.15) is 0 Å². The molecule has 4 aliphatic heterocycles. The fourth-order valence-corrected chi connectivity index (χ4v) is 13.2. The molecule has 6 rings (SSSR count). The van der Waals surface area contributed by atoms with E-state index in [-0.39, 0.29) is 96.9 Å². The fraction of sp³-hybridized carbons (Fsp3) is 0.817. The van der Waals surface area contributed by atoms with Crippen molar-refractivity contribution >= 4 is 63.6 Å². The zero-order valence-electron chi connectivity index (χ0n) is 82.5. The molecule has 2 amide bonds. The Labute approximate surface area is 755 Å². The molecule has 1 saturated carbocycles. The molecule has 0 spiro atoms. The molecule has 0 aromatic heterocycles. The van der Waals surface area contributed by atoms with Crippen LogP contribution in [0.25, 0.3) is 0 Å². The number of carboxylic acids is 1. The predicted octanol–water partition coefficient (Wildman–Crippen LogP) is 13.2. The van der Waals surface area contributed by atoms with Gasteiger partial charge >= 0.3 is 55.0 Å². The Hall–Kier alpha value is -5.72. The third-order valence-electron chi connectivity index (χ3n) is 18.7. The number of ketones is 1. The molecule has 0 bridgehead atoms. The number of aliphatic hydroxyl groups is 5. The Morgan fingerprint density at radius 2 is 0.870 bits per heavy atom. The van der Waals surface area contributed by atoms with Crippen LogP contribution in [-0.2, 0) is 83.7 Å². The van der Waals surface area contributed by atoms with Crippen LogP contribution in [0.3, 0.4) is 0 Å². The first-order valence-electron chi connectivity index (χ1n) is 43.9. The Bertz CT molecular complexity index is 3250. The maximum absolute atomic E-state index is 13.7. The van der Waals surface area contributed by atoms with Crippen LogP contribution in [0.5, 0.6) is 0 Å². The SMILES string of the molecule is CC(C)(C)C(=O)OCc1ccccc1.CC(C)(C)O.CC(C)N/C=C/NC(C)C.CC(C)N=C(NC(C)C)OC(C)(C)C.CC[C@H](C(=O)N1C[C@@H](O)C[C@H]1C(=O)OC(C)(C)C)C(C)(C)C.CN1C[C@@H](O)C[C@H]1C(=O)O.CN1C[C@@H](O)C[C@H]1C(=O)OC(C)(C)C.CN[C@H](C(=O)C[C@H](C(=O)N1C[C@@H](O)C[C@H]1C(=O)OC(C)(C)C)C(C)(C)C)C1CCCCC1.[Cl][Cu]. The van der Waals surface area contributed by atoms with E-state index in [9.17, 15) is 53.7 Å². The van der Waals surface area contributed by atoms with Gasteiger partial charge in [-0.1, -0.05) is 98.1 Å². The molecule has 11 atom stereocenters. The summed E-state index contributed by atoms with van der Waals surface area (Å²) >= 11 is 3.66. The normalized spacial score (nSPS) is 21.2. The van der Waals surface area contributed by atoms with E-state index in [0.29, 0.717) is 69.0 Å². The number of amides is 2. The number of amidine groups is 1. The first kappa shape index (κ1) is 121. The number of nitrogens with zero attached hydrogens (tertiary/aromatic N) is 5. The van der Waals surface area contributed by atoms with Crippen LogP contribution in [0.1, 0.15) is 305 Å². The Balaban J connectivity index is -0.00000140. The van der Waals surface area contributed by atoms with E-state index >= 15 is 0 Å². The van der Waals surface area contributed by atoms with E-state index in [4.69, 9.17) is 39.0 Å². The summed E-state index contributed by atoms with van der Waals surface area (Å²) in [6.45, 7) is 65.3. The quantitative estimate of drug-likeness (QED) is 0.0191. The van der Waals surface area contributed by atoms with Crippen molar-refractivity contribution in [2.45, 2.75) is 413 Å². The number of hydrogen-bond acceptors (Lipinski definition) is 24. The molecule has 30 heteroatoms. The third-order valence-corrected chi connectivity index (χ3v) is 18.7. The molecule has 1 aliphatic carbocycles. The molecule has 5 fully saturated rings. The van der Waals surface area contributed by atoms with E-state index in [1.807, 2.05) is 186 Å². The Morgan fingerprint density at radius 1 is 0.520 bits per heavy atom. The molecule has 0 radical (unpaired) electrons. The van der Waals surface area contributed by atoms with Gasteiger partial charge in [0.1, 0.15) is 53.2 Å². The molecule has 5 aliphatic rings. The standard InChI is InChI=1S/C25H44N2O5.C17H31NO4.C12H16O2.C11H24N2O.C10H19NO3.C8H18N2.C6H11NO3.C4H10O.ClH.Cu/c1-24(2,3)18(14-20(29)21(26-7)16-11-9-8-10-12-16)22(30)27-15-17(28)13-19(27)23(31)32-25(4,5)6;1-8-12(16(2,3)4)14(20)18-10-11(19)9-13(18)15(21)22-17(5,6)7;1-12(2,3)11(13)14-9-10-7-5-4-6-8-10;1-8(2)12-10(13-9(3)4)14-11(5,6)7;1-10(2,3)14-9(13)8-5-7(12)6-11(8)4;1-7(2)9-5-6-10-8(3)4;1-7-3-4(8)2-5(7)6(9)10;1-4(2,3)5;;/h16-19,21,26,28H,8-15H2,1-7H3;11-13,19H,8-10H2,1-7H3;4-8H,9H2,1-3H3;8-9H,1-7H3,(H,12,13);7-8,12H,5-6H2,1-4H3;5-10H,1-4H3;4-5,8H,2-3H2,1H3,(H,9,10);5H,1-3H3;1H;/q;;;;;;;;;+1/p-1/b;;;;;6-5+;;;;/t17-,18+,19-,21-;11-,12+,13-;;;7-,8-;;4-,5-;;;/m00..0.0.../s1. The molecule has 28 nitrogen and oxygen atoms in total. The Morgan fingerprint density at radius 3 is 1.16 bits per heavy atom. The molecule has 4 saturated heterocycles. The number of likely N-dealkylation sites (N-methyl/N-ethyl adjacent to an activating group) is 3. The van der Waals surface area contributed by atoms with Crippen LogP contribution in [0.4, 0.5) is 0 Å². The van der Waals surface area contributed by atoms with Gasteiger partial charge in [-0.05, 0) is 243 Å². The molecule has 4 heterocycles. The summed E-state index contributed by atoms with van der Waals surface area (Å²) in [5.41, 5.74) is -2.49. The van der Waals surface area contributed by atoms with Gasteiger partial charge < -0.3 is 85.4 Å². The third kappa shape index (κ3) is 56.3. The zero-order chi connectivity index (χ0) is 96.7. The van der Waals surface area contributed by atoms with Crippen LogP contribution in [0, 0.1) is 34.0 Å². The van der Waals surface area contributed by atoms with E-state index in [1.165, 1.54) is 16.2 Å². The number of Topliss-reactive ketones (excluding diaryl/α,β-unsaturated/α-hetero) is 1. The van der Waals surface area contributed by atoms with Crippen molar-refractivity contribution in [3.8, 4) is 0 Å². The molecule has 123 heavy (non-hydrogen) atoms. The minimum atomic E-state index is -0.848. The van der Waals surface area contributed by atoms with Crippen molar-refractivity contribution < 1.29 is 108 Å². The topological polar surface area (TPSA) is 378 Å². The number of carboxylic acid groups (broad SMARTS) is 1. The summed E-state index contributed by atoms with van der Waals surface area (Å²) < 4.78 is 27.0. The Kier molecular flexibility index (Phi) is 55.8. The molecule has 10 N–H and O–H groups in total. The van der Waals surface area contributed by atoms with Gasteiger partial charge in [0.2, 0.25) is 11.8 Å². The number of likely N-dealkylation sites (tertiary alicyclic amines) is 4. The number of rotatable bonds is 20. The van der Waals surface area contributed by atoms with Crippen molar-refractivity contribution in [3.05, 3.63) is 48.3 Å². The number of halogens is 1. The van der Waals surface area contributed by atoms with Crippen LogP contribution < -0.4 is 21.3 Å². The van der Waals surface area contributed by atoms with Crippen molar-refractivity contribution in [1.29, 1.82) is 0 Å². The van der Waals surface area contributed by atoms with Gasteiger partial charge in [-0.3, -0.25) is 38.6 Å². The summed E-state index contributed by atoms with van der Waals surface area (Å²) in [6, 6.07) is 9.42. The molecule has 722 valence electrons. The number of β-amino-alcohol motifs (C(OH)–C–C–N with tert-alkyl or cyclic N) is 4. The summed E-state index contributed by atoms with van der Waals surface area (Å²) in [7, 11) is 9.55. The van der Waals surface area contributed by atoms with Crippen LogP contribution in [0.15, 0.2) is 47.7 Å². The number of ether oxygens (including phenoxy) is 5. The first-order valence-corrected chi connectivity index (χ1v) is 45.2. The molecular formula is C93H173ClCuN9O19. The number of aliphatic carboxylic acids is 1. The van der Waals surface area contributed by atoms with Crippen molar-refractivity contribution in [1.82, 2.24) is 40.9 Å². The van der Waals surface area contributed by atoms with Gasteiger partial charge in [-0.15, -0.1) is 0 Å². The van der Waals surface area contributed by atoms with E-state index in [2.05, 4.69) is 93.0 Å². The van der Waals surface area contributed by atoms with Gasteiger partial charge in [0.25, 0.3) is 6.02 Å². The van der Waals surface area contributed by atoms with E-state index in [0.717, 1.165) is 31.2 Å².